The Kier molecular flexibility index (Phi) is 9.12. The summed E-state index contributed by atoms with van der Waals surface area (Å²) in [6, 6.07) is 10.1. The van der Waals surface area contributed by atoms with Crippen molar-refractivity contribution in [1.29, 1.82) is 0 Å². The zero-order valence-corrected chi connectivity index (χ0v) is 20.1. The molecule has 0 spiro atoms. The van der Waals surface area contributed by atoms with Gasteiger partial charge in [0.25, 0.3) is 0 Å². The first kappa shape index (κ1) is 25.2. The van der Waals surface area contributed by atoms with Crippen molar-refractivity contribution in [3.05, 3.63) is 35.9 Å². The number of carbonyl (C=O) groups excluding carboxylic acids is 1. The van der Waals surface area contributed by atoms with E-state index in [0.29, 0.717) is 19.4 Å². The summed E-state index contributed by atoms with van der Waals surface area (Å²) >= 11 is 0. The first-order valence-corrected chi connectivity index (χ1v) is 12.0. The summed E-state index contributed by atoms with van der Waals surface area (Å²) < 4.78 is 24.3. The van der Waals surface area contributed by atoms with Crippen molar-refractivity contribution in [1.82, 2.24) is 0 Å². The van der Waals surface area contributed by atoms with E-state index in [1.165, 1.54) is 0 Å². The summed E-state index contributed by atoms with van der Waals surface area (Å²) in [5, 5.41) is 10.9. The Hall–Kier alpha value is -1.47. The Morgan fingerprint density at radius 2 is 1.81 bits per heavy atom. The van der Waals surface area contributed by atoms with Crippen LogP contribution in [0.3, 0.4) is 0 Å². The number of fused-ring (bicyclic) bond motifs is 2. The van der Waals surface area contributed by atoms with Gasteiger partial charge in [0.15, 0.2) is 0 Å². The van der Waals surface area contributed by atoms with Gasteiger partial charge in [0.2, 0.25) is 0 Å². The summed E-state index contributed by atoms with van der Waals surface area (Å²) in [4.78, 5) is 12.8. The van der Waals surface area contributed by atoms with Gasteiger partial charge in [0.1, 0.15) is 6.10 Å². The van der Waals surface area contributed by atoms with Crippen LogP contribution in [-0.4, -0.2) is 54.8 Å². The lowest BCUT2D eigenvalue weighted by Gasteiger charge is -2.42. The quantitative estimate of drug-likeness (QED) is 0.683. The van der Waals surface area contributed by atoms with Crippen molar-refractivity contribution in [2.45, 2.75) is 96.6 Å². The predicted molar refractivity (Wildman–Crippen MR) is 122 cm³/mol. The van der Waals surface area contributed by atoms with E-state index in [1.54, 1.807) is 7.11 Å². The van der Waals surface area contributed by atoms with Gasteiger partial charge in [-0.25, -0.2) is 0 Å². The van der Waals surface area contributed by atoms with E-state index in [9.17, 15) is 9.90 Å². The molecule has 2 bridgehead atoms. The number of rotatable bonds is 5. The molecule has 6 nitrogen and oxygen atoms in total. The van der Waals surface area contributed by atoms with Crippen LogP contribution in [0.1, 0.15) is 58.9 Å². The van der Waals surface area contributed by atoms with Crippen LogP contribution >= 0.6 is 0 Å². The zero-order chi connectivity index (χ0) is 23.3. The van der Waals surface area contributed by atoms with E-state index in [0.717, 1.165) is 12.0 Å². The highest BCUT2D eigenvalue weighted by molar-refractivity contribution is 5.70. The van der Waals surface area contributed by atoms with Crippen molar-refractivity contribution in [2.24, 2.45) is 17.8 Å². The summed E-state index contributed by atoms with van der Waals surface area (Å²) in [5.74, 6) is -0.287. The van der Waals surface area contributed by atoms with Crippen molar-refractivity contribution < 1.29 is 28.8 Å². The van der Waals surface area contributed by atoms with Crippen molar-refractivity contribution in [2.75, 3.05) is 7.11 Å². The Morgan fingerprint density at radius 3 is 2.47 bits per heavy atom. The Labute approximate surface area is 192 Å². The SMILES string of the molecule is CO[C@@H]1C[C@H](O)[C@H](C)[C@@H](C(C)C)OC(=O)C[C@H]2C[C@H](OCc3ccccc3)C[C@H](O2)[C@@H]1C. The predicted octanol–water partition coefficient (Wildman–Crippen LogP) is 4.13. The maximum Gasteiger partial charge on any atom is 0.308 e. The second-order valence-electron chi connectivity index (χ2n) is 9.88. The Morgan fingerprint density at radius 1 is 1.09 bits per heavy atom. The van der Waals surface area contributed by atoms with Crippen LogP contribution in [0, 0.1) is 17.8 Å². The van der Waals surface area contributed by atoms with Crippen LogP contribution in [0.15, 0.2) is 30.3 Å². The molecule has 0 amide bonds. The Balaban J connectivity index is 1.78. The van der Waals surface area contributed by atoms with Crippen LogP contribution in [0.4, 0.5) is 0 Å². The molecular weight excluding hydrogens is 408 g/mol. The van der Waals surface area contributed by atoms with Crippen molar-refractivity contribution in [3.8, 4) is 0 Å². The third-order valence-corrected chi connectivity index (χ3v) is 7.11. The fourth-order valence-corrected chi connectivity index (χ4v) is 5.07. The van der Waals surface area contributed by atoms with E-state index in [2.05, 4.69) is 19.1 Å². The number of ether oxygens (including phenoxy) is 4. The number of cyclic esters (lactones) is 1. The van der Waals surface area contributed by atoms with Gasteiger partial charge in [-0.1, -0.05) is 58.0 Å². The van der Waals surface area contributed by atoms with Crippen LogP contribution < -0.4 is 0 Å². The largest absolute Gasteiger partial charge is 0.462 e. The lowest BCUT2D eigenvalue weighted by atomic mass is 9.82. The average molecular weight is 449 g/mol. The van der Waals surface area contributed by atoms with Crippen LogP contribution in [0.5, 0.6) is 0 Å². The zero-order valence-electron chi connectivity index (χ0n) is 20.1. The van der Waals surface area contributed by atoms with Crippen LogP contribution in [0.2, 0.25) is 0 Å². The number of aliphatic hydroxyl groups excluding tert-OH is 1. The molecule has 1 aromatic rings. The van der Waals surface area contributed by atoms with Gasteiger partial charge in [0, 0.05) is 38.2 Å². The molecule has 6 heteroatoms. The summed E-state index contributed by atoms with van der Waals surface area (Å²) in [6.07, 6.45) is 0.531. The van der Waals surface area contributed by atoms with E-state index < -0.39 is 6.10 Å². The average Bonchev–Trinajstić information content (AvgIpc) is 2.78. The van der Waals surface area contributed by atoms with Gasteiger partial charge in [0.05, 0.1) is 43.5 Å². The normalized spacial score (nSPS) is 36.8. The minimum absolute atomic E-state index is 0.0144. The molecule has 180 valence electrons. The standard InChI is InChI=1S/C26H40O6/c1-16(2)26-17(3)22(27)14-23(29-5)18(4)24-12-20(11-21(31-24)13-25(28)32-26)30-15-19-9-7-6-8-10-19/h6-10,16-18,20-24,26-27H,11-15H2,1-5H3/t17-,18+,20-,21+,22-,23+,24-,26+/m0/s1. The second kappa shape index (κ2) is 11.6. The monoisotopic (exact) mass is 448 g/mol. The highest BCUT2D eigenvalue weighted by atomic mass is 16.6. The summed E-state index contributed by atoms with van der Waals surface area (Å²) in [5.41, 5.74) is 1.13. The fourth-order valence-electron chi connectivity index (χ4n) is 5.07. The number of aliphatic hydroxyl groups is 1. The third kappa shape index (κ3) is 6.53. The highest BCUT2D eigenvalue weighted by Crippen LogP contribution is 2.34. The molecule has 3 rings (SSSR count). The molecule has 2 aliphatic heterocycles. The molecule has 0 aromatic heterocycles. The number of methoxy groups -OCH3 is 1. The van der Waals surface area contributed by atoms with Gasteiger partial charge in [-0.05, 0) is 11.5 Å². The maximum absolute atomic E-state index is 12.8. The molecule has 0 unspecified atom stereocenters. The first-order chi connectivity index (χ1) is 15.3. The molecule has 2 saturated heterocycles. The molecule has 8 atom stereocenters. The minimum atomic E-state index is -0.633. The van der Waals surface area contributed by atoms with E-state index >= 15 is 0 Å². The van der Waals surface area contributed by atoms with Crippen molar-refractivity contribution in [3.63, 3.8) is 0 Å². The van der Waals surface area contributed by atoms with Gasteiger partial charge in [-0.2, -0.15) is 0 Å². The number of hydrogen-bond donors (Lipinski definition) is 1. The fraction of sp³-hybridized carbons (Fsp3) is 0.731. The van der Waals surface area contributed by atoms with Crippen LogP contribution in [-0.2, 0) is 30.3 Å². The van der Waals surface area contributed by atoms with Gasteiger partial charge in [-0.3, -0.25) is 4.79 Å². The number of carbonyl (C=O) groups is 1. The smallest absolute Gasteiger partial charge is 0.308 e. The number of benzene rings is 1. The molecule has 2 aliphatic rings. The molecular formula is C26H40O6. The molecule has 1 N–H and O–H groups in total. The van der Waals surface area contributed by atoms with E-state index in [4.69, 9.17) is 18.9 Å². The lowest BCUT2D eigenvalue weighted by molar-refractivity contribution is -0.180. The third-order valence-electron chi connectivity index (χ3n) is 7.11. The minimum Gasteiger partial charge on any atom is -0.462 e. The number of hydrogen-bond acceptors (Lipinski definition) is 6. The van der Waals surface area contributed by atoms with Crippen molar-refractivity contribution >= 4 is 5.97 Å². The van der Waals surface area contributed by atoms with E-state index in [-0.39, 0.29) is 60.7 Å². The topological polar surface area (TPSA) is 74.2 Å². The maximum atomic E-state index is 12.8. The lowest BCUT2D eigenvalue weighted by Crippen LogP contribution is -2.47. The molecule has 2 heterocycles. The van der Waals surface area contributed by atoms with Gasteiger partial charge < -0.3 is 24.1 Å². The van der Waals surface area contributed by atoms with Gasteiger partial charge >= 0.3 is 5.97 Å². The van der Waals surface area contributed by atoms with Gasteiger partial charge in [-0.15, -0.1) is 0 Å². The van der Waals surface area contributed by atoms with Crippen LogP contribution in [0.25, 0.3) is 0 Å². The first-order valence-electron chi connectivity index (χ1n) is 12.0. The molecule has 32 heavy (non-hydrogen) atoms. The highest BCUT2D eigenvalue weighted by Gasteiger charge is 2.40. The molecule has 0 radical (unpaired) electrons. The molecule has 1 aromatic carbocycles. The Bertz CT molecular complexity index is 708. The molecule has 2 fully saturated rings. The molecule has 0 aliphatic carbocycles. The van der Waals surface area contributed by atoms with E-state index in [1.807, 2.05) is 39.0 Å². The second-order valence-corrected chi connectivity index (χ2v) is 9.88. The molecule has 0 saturated carbocycles. The summed E-state index contributed by atoms with van der Waals surface area (Å²) in [6.45, 7) is 8.63. The summed E-state index contributed by atoms with van der Waals surface area (Å²) in [7, 11) is 1.69. The number of esters is 1.